The van der Waals surface area contributed by atoms with Crippen molar-refractivity contribution in [2.45, 2.75) is 77.0 Å². The van der Waals surface area contributed by atoms with E-state index in [1.807, 2.05) is 148 Å². The van der Waals surface area contributed by atoms with Gasteiger partial charge >= 0.3 is 11.9 Å². The van der Waals surface area contributed by atoms with E-state index in [-0.39, 0.29) is 73.2 Å². The number of carbonyl (C=O) groups excluding carboxylic acids is 10. The summed E-state index contributed by atoms with van der Waals surface area (Å²) in [4.78, 5) is 135. The second-order valence-corrected chi connectivity index (χ2v) is 23.6. The van der Waals surface area contributed by atoms with Gasteiger partial charge in [-0.2, -0.15) is 0 Å². The van der Waals surface area contributed by atoms with Crippen molar-refractivity contribution in [1.29, 1.82) is 0 Å². The van der Waals surface area contributed by atoms with E-state index in [9.17, 15) is 58.2 Å². The number of amides is 6. The zero-order valence-electron chi connectivity index (χ0n) is 53.5. The molecule has 6 aliphatic rings. The second-order valence-electron chi connectivity index (χ2n) is 23.6. The molecule has 4 aliphatic heterocycles. The van der Waals surface area contributed by atoms with Gasteiger partial charge in [0.15, 0.2) is 0 Å². The number of aromatic carboxylic acids is 2. The topological polar surface area (TPSA) is 305 Å². The molecule has 2 fully saturated rings. The Hall–Kier alpha value is -11.0. The fourth-order valence-electron chi connectivity index (χ4n) is 10.9. The molecule has 0 bridgehead atoms. The maximum absolute atomic E-state index is 13.2. The number of hydrogen-bond acceptors (Lipinski definition) is 18. The van der Waals surface area contributed by atoms with E-state index < -0.39 is 53.4 Å². The minimum atomic E-state index is -1.42. The number of carboxylic acid groups (broad SMARTS) is 2. The van der Waals surface area contributed by atoms with Crippen molar-refractivity contribution in [2.75, 3.05) is 79.3 Å². The Morgan fingerprint density at radius 2 is 0.872 bits per heavy atom. The smallest absolute Gasteiger partial charge is 0.333 e. The SMILES string of the molecule is CN(C)c1ccc2c(-c3cc(C(=O)NCCCCCC(=O)ON4C(=O)CCC4=O)ccc3C(=O)[O-])c3ccc(=[N+](C)C)cc-3oc2c1.CN(C)c1ccc2c(-c3ccc(C(=O)NCCCCCC(=O)ON4C(=O)CCC4=O)cc3C(=O)[O-])c3ccc(=[N+](C)C)cc-3oc2c1. The molecule has 0 spiro atoms. The zero-order valence-corrected chi connectivity index (χ0v) is 53.5. The molecule has 10 rings (SSSR count). The molecular weight excluding hydrogens is 1210 g/mol. The Bertz CT molecular complexity index is 4410. The standard InChI is InChI=1S/2C35H36N4O8/c1-37(2)22-10-13-25-28(19-22)46-29-20-23(38(3)4)11-14-26(29)33(25)27-18-21(9-12-24(27)35(44)45)34(43)36-17-7-5-6-8-32(42)47-39-30(40)15-16-31(39)41;1-37(2)22-10-13-25-28(19-22)46-29-20-23(38(3)4)11-14-26(29)33(25)24-12-9-21(18-27(24)35(44)45)34(43)36-17-7-5-6-8-32(42)47-39-30(40)15-16-31(39)41/h2*9-14,18-20H,5-8,15-17H2,1-4H3,(H-,36,43,44,45). The van der Waals surface area contributed by atoms with E-state index in [1.54, 1.807) is 18.2 Å². The first kappa shape index (κ1) is 67.4. The molecule has 4 aromatic rings. The van der Waals surface area contributed by atoms with E-state index in [1.165, 1.54) is 18.2 Å². The summed E-state index contributed by atoms with van der Waals surface area (Å²) in [5.41, 5.74) is 6.55. The number of nitrogens with one attached hydrogen (secondary N) is 2. The van der Waals surface area contributed by atoms with Gasteiger partial charge in [0.1, 0.15) is 50.9 Å². The lowest BCUT2D eigenvalue weighted by molar-refractivity contribution is -0.256. The average Bonchev–Trinajstić information content (AvgIpc) is 0.894. The third kappa shape index (κ3) is 15.5. The van der Waals surface area contributed by atoms with Crippen molar-refractivity contribution in [3.63, 3.8) is 0 Å². The molecule has 4 aromatic carbocycles. The van der Waals surface area contributed by atoms with Gasteiger partial charge in [0.25, 0.3) is 35.4 Å². The van der Waals surface area contributed by atoms with Crippen LogP contribution >= 0.6 is 0 Å². The van der Waals surface area contributed by atoms with Crippen molar-refractivity contribution in [2.24, 2.45) is 0 Å². The monoisotopic (exact) mass is 1280 g/mol. The number of hydrogen-bond donors (Lipinski definition) is 2. The summed E-state index contributed by atoms with van der Waals surface area (Å²) in [6, 6.07) is 31.8. The molecule has 94 heavy (non-hydrogen) atoms. The van der Waals surface area contributed by atoms with Gasteiger partial charge in [0.05, 0.1) is 24.1 Å². The van der Waals surface area contributed by atoms with E-state index in [0.29, 0.717) is 122 Å². The van der Waals surface area contributed by atoms with Crippen LogP contribution in [0.2, 0.25) is 0 Å². The minimum Gasteiger partial charge on any atom is -0.545 e. The number of imide groups is 2. The summed E-state index contributed by atoms with van der Waals surface area (Å²) < 4.78 is 16.6. The number of hydroxylamine groups is 4. The molecule has 0 atom stereocenters. The molecule has 0 unspecified atom stereocenters. The van der Waals surface area contributed by atoms with Gasteiger partial charge in [-0.15, -0.1) is 10.1 Å². The quantitative estimate of drug-likeness (QED) is 0.0385. The Morgan fingerprint density at radius 3 is 1.29 bits per heavy atom. The first-order valence-electron chi connectivity index (χ1n) is 30.7. The van der Waals surface area contributed by atoms with Crippen LogP contribution in [-0.4, -0.2) is 139 Å². The summed E-state index contributed by atoms with van der Waals surface area (Å²) in [6.45, 7) is 0.600. The Kier molecular flexibility index (Phi) is 21.1. The molecule has 4 heterocycles. The number of carboxylic acids is 2. The minimum absolute atomic E-state index is 0.0183. The molecular formula is C70H72N8O16. The number of rotatable bonds is 22. The van der Waals surface area contributed by atoms with Crippen molar-refractivity contribution in [3.05, 3.63) is 142 Å². The van der Waals surface area contributed by atoms with Crippen LogP contribution in [0.4, 0.5) is 11.4 Å². The summed E-state index contributed by atoms with van der Waals surface area (Å²) in [5.74, 6) is -5.95. The van der Waals surface area contributed by atoms with Gasteiger partial charge in [-0.05, 0) is 97.5 Å². The van der Waals surface area contributed by atoms with E-state index >= 15 is 0 Å². The van der Waals surface area contributed by atoms with Crippen molar-refractivity contribution < 1.29 is 76.7 Å². The number of carbonyl (C=O) groups is 10. The van der Waals surface area contributed by atoms with Crippen LogP contribution in [0, 0.1) is 0 Å². The normalized spacial score (nSPS) is 12.9. The molecule has 2 N–H and O–H groups in total. The van der Waals surface area contributed by atoms with Gasteiger partial charge < -0.3 is 58.7 Å². The number of fused-ring (bicyclic) bond motifs is 4. The van der Waals surface area contributed by atoms with Crippen molar-refractivity contribution >= 4 is 92.6 Å². The van der Waals surface area contributed by atoms with Crippen LogP contribution in [0.3, 0.4) is 0 Å². The van der Waals surface area contributed by atoms with Gasteiger partial charge in [-0.1, -0.05) is 25.0 Å². The van der Waals surface area contributed by atoms with Crippen LogP contribution in [0.25, 0.3) is 66.8 Å². The third-order valence-corrected chi connectivity index (χ3v) is 16.1. The lowest BCUT2D eigenvalue weighted by Gasteiger charge is -2.20. The summed E-state index contributed by atoms with van der Waals surface area (Å²) in [7, 11) is 15.4. The van der Waals surface area contributed by atoms with Gasteiger partial charge in [-0.3, -0.25) is 28.8 Å². The fraction of sp³-hybridized carbons (Fsp3) is 0.314. The van der Waals surface area contributed by atoms with Crippen molar-refractivity contribution in [3.8, 4) is 44.9 Å². The highest BCUT2D eigenvalue weighted by molar-refractivity contribution is 6.11. The molecule has 0 radical (unpaired) electrons. The number of unbranched alkanes of at least 4 members (excludes halogenated alkanes) is 4. The lowest BCUT2D eigenvalue weighted by Crippen LogP contribution is -2.32. The van der Waals surface area contributed by atoms with Crippen LogP contribution in [-0.2, 0) is 38.4 Å². The third-order valence-electron chi connectivity index (χ3n) is 16.1. The Balaban J connectivity index is 0.000000221. The van der Waals surface area contributed by atoms with Gasteiger partial charge in [0.2, 0.25) is 10.7 Å². The summed E-state index contributed by atoms with van der Waals surface area (Å²) in [6.07, 6.45) is 3.32. The lowest BCUT2D eigenvalue weighted by atomic mass is 9.89. The fourth-order valence-corrected chi connectivity index (χ4v) is 10.9. The first-order chi connectivity index (χ1) is 44.9. The molecule has 6 amide bonds. The predicted octanol–water partition coefficient (Wildman–Crippen LogP) is 5.13. The predicted molar refractivity (Wildman–Crippen MR) is 344 cm³/mol. The molecule has 24 nitrogen and oxygen atoms in total. The summed E-state index contributed by atoms with van der Waals surface area (Å²) in [5, 5.41) is 34.8. The number of benzene rings is 6. The Labute approximate surface area is 540 Å². The molecule has 2 aliphatic carbocycles. The van der Waals surface area contributed by atoms with Crippen LogP contribution in [0.5, 0.6) is 0 Å². The molecule has 0 saturated carbocycles. The maximum atomic E-state index is 13.2. The van der Waals surface area contributed by atoms with Crippen LogP contribution in [0.15, 0.2) is 118 Å². The van der Waals surface area contributed by atoms with Gasteiger partial charge in [-0.25, -0.2) is 18.7 Å². The van der Waals surface area contributed by atoms with E-state index in [0.717, 1.165) is 22.1 Å². The van der Waals surface area contributed by atoms with E-state index in [2.05, 4.69) is 10.6 Å². The van der Waals surface area contributed by atoms with Crippen LogP contribution in [0.1, 0.15) is 118 Å². The Morgan fingerprint density at radius 1 is 0.468 bits per heavy atom. The number of nitrogens with zero attached hydrogens (tertiary/aromatic N) is 6. The largest absolute Gasteiger partial charge is 0.545 e. The second kappa shape index (κ2) is 29.5. The number of anilines is 2. The van der Waals surface area contributed by atoms with Crippen LogP contribution < -0.4 is 50.5 Å². The highest BCUT2D eigenvalue weighted by Gasteiger charge is 2.34. The highest BCUT2D eigenvalue weighted by atomic mass is 16.7. The van der Waals surface area contributed by atoms with Gasteiger partial charge in [0, 0.05) is 171 Å². The first-order valence-corrected chi connectivity index (χ1v) is 30.7. The maximum Gasteiger partial charge on any atom is 0.333 e. The molecule has 24 heteroatoms. The summed E-state index contributed by atoms with van der Waals surface area (Å²) >= 11 is 0. The molecule has 2 saturated heterocycles. The van der Waals surface area contributed by atoms with Crippen molar-refractivity contribution in [1.82, 2.24) is 29.9 Å². The highest BCUT2D eigenvalue weighted by Crippen LogP contribution is 2.44. The zero-order chi connectivity index (χ0) is 67.7. The average molecular weight is 1280 g/mol. The molecule has 488 valence electrons. The van der Waals surface area contributed by atoms with E-state index in [4.69, 9.17) is 18.5 Å². The molecule has 0 aromatic heterocycles.